The first-order valence-electron chi connectivity index (χ1n) is 5.48. The highest BCUT2D eigenvalue weighted by Crippen LogP contribution is 2.32. The molecule has 0 amide bonds. The summed E-state index contributed by atoms with van der Waals surface area (Å²) in [4.78, 5) is 4.51. The van der Waals surface area contributed by atoms with E-state index in [0.29, 0.717) is 6.54 Å². The monoisotopic (exact) mass is 206 g/mol. The van der Waals surface area contributed by atoms with Crippen LogP contribution in [0.5, 0.6) is 0 Å². The quantitative estimate of drug-likeness (QED) is 0.795. The van der Waals surface area contributed by atoms with Gasteiger partial charge in [0.1, 0.15) is 0 Å². The van der Waals surface area contributed by atoms with E-state index < -0.39 is 0 Å². The summed E-state index contributed by atoms with van der Waals surface area (Å²) < 4.78 is 5.39. The Morgan fingerprint density at radius 3 is 2.67 bits per heavy atom. The molecule has 2 N–H and O–H groups in total. The maximum atomic E-state index is 5.91. The van der Waals surface area contributed by atoms with Crippen molar-refractivity contribution in [2.24, 2.45) is 5.73 Å². The SMILES string of the molecule is Cc1ccc(C2(CN)CCOCC2)nc1. The lowest BCUT2D eigenvalue weighted by Gasteiger charge is -2.35. The van der Waals surface area contributed by atoms with Gasteiger partial charge in [-0.2, -0.15) is 0 Å². The first-order valence-corrected chi connectivity index (χ1v) is 5.48. The summed E-state index contributed by atoms with van der Waals surface area (Å²) in [5.74, 6) is 0. The maximum absolute atomic E-state index is 5.91. The molecule has 3 nitrogen and oxygen atoms in total. The average Bonchev–Trinajstić information content (AvgIpc) is 2.31. The Morgan fingerprint density at radius 2 is 2.13 bits per heavy atom. The van der Waals surface area contributed by atoms with Crippen LogP contribution in [-0.4, -0.2) is 24.7 Å². The van der Waals surface area contributed by atoms with E-state index in [-0.39, 0.29) is 5.41 Å². The Morgan fingerprint density at radius 1 is 1.40 bits per heavy atom. The van der Waals surface area contributed by atoms with E-state index in [9.17, 15) is 0 Å². The number of rotatable bonds is 2. The van der Waals surface area contributed by atoms with Crippen molar-refractivity contribution >= 4 is 0 Å². The number of aryl methyl sites for hydroxylation is 1. The van der Waals surface area contributed by atoms with Gasteiger partial charge in [-0.05, 0) is 31.4 Å². The highest BCUT2D eigenvalue weighted by atomic mass is 16.5. The third kappa shape index (κ3) is 2.03. The van der Waals surface area contributed by atoms with Crippen LogP contribution >= 0.6 is 0 Å². The topological polar surface area (TPSA) is 48.1 Å². The van der Waals surface area contributed by atoms with Crippen LogP contribution in [-0.2, 0) is 10.2 Å². The fourth-order valence-corrected chi connectivity index (χ4v) is 2.11. The standard InChI is InChI=1S/C12H18N2O/c1-10-2-3-11(14-8-10)12(9-13)4-6-15-7-5-12/h2-3,8H,4-7,9,13H2,1H3. The van der Waals surface area contributed by atoms with Crippen LogP contribution in [0.25, 0.3) is 0 Å². The Labute approximate surface area is 90.7 Å². The molecule has 1 aromatic rings. The number of hydrogen-bond donors (Lipinski definition) is 1. The molecule has 1 saturated heterocycles. The van der Waals surface area contributed by atoms with E-state index in [1.807, 2.05) is 6.20 Å². The van der Waals surface area contributed by atoms with Gasteiger partial charge in [0.15, 0.2) is 0 Å². The predicted octanol–water partition coefficient (Wildman–Crippen LogP) is 1.40. The van der Waals surface area contributed by atoms with Crippen molar-refractivity contribution in [2.75, 3.05) is 19.8 Å². The summed E-state index contributed by atoms with van der Waals surface area (Å²) in [6, 6.07) is 4.21. The lowest BCUT2D eigenvalue weighted by atomic mass is 9.77. The molecule has 1 aromatic heterocycles. The smallest absolute Gasteiger partial charge is 0.0479 e. The Balaban J connectivity index is 2.28. The van der Waals surface area contributed by atoms with E-state index in [2.05, 4.69) is 24.0 Å². The molecular formula is C12H18N2O. The van der Waals surface area contributed by atoms with Crippen molar-refractivity contribution in [1.29, 1.82) is 0 Å². The molecule has 0 radical (unpaired) electrons. The summed E-state index contributed by atoms with van der Waals surface area (Å²) in [7, 11) is 0. The van der Waals surface area contributed by atoms with E-state index >= 15 is 0 Å². The molecule has 1 aliphatic rings. The minimum Gasteiger partial charge on any atom is -0.381 e. The molecule has 0 saturated carbocycles. The van der Waals surface area contributed by atoms with Crippen LogP contribution in [0, 0.1) is 6.92 Å². The minimum absolute atomic E-state index is 0.0476. The number of nitrogens with two attached hydrogens (primary N) is 1. The van der Waals surface area contributed by atoms with Gasteiger partial charge in [-0.25, -0.2) is 0 Å². The first-order chi connectivity index (χ1) is 7.27. The van der Waals surface area contributed by atoms with Crippen molar-refractivity contribution in [3.05, 3.63) is 29.6 Å². The first kappa shape index (κ1) is 10.6. The van der Waals surface area contributed by atoms with Gasteiger partial charge in [0.25, 0.3) is 0 Å². The van der Waals surface area contributed by atoms with Crippen molar-refractivity contribution in [3.8, 4) is 0 Å². The van der Waals surface area contributed by atoms with E-state index in [1.54, 1.807) is 0 Å². The van der Waals surface area contributed by atoms with Crippen molar-refractivity contribution in [1.82, 2.24) is 4.98 Å². The minimum atomic E-state index is 0.0476. The zero-order chi connectivity index (χ0) is 10.7. The largest absolute Gasteiger partial charge is 0.381 e. The van der Waals surface area contributed by atoms with E-state index in [4.69, 9.17) is 10.5 Å². The molecule has 0 aromatic carbocycles. The highest BCUT2D eigenvalue weighted by molar-refractivity contribution is 5.21. The second kappa shape index (κ2) is 4.29. The molecule has 3 heteroatoms. The summed E-state index contributed by atoms with van der Waals surface area (Å²) in [5, 5.41) is 0. The lowest BCUT2D eigenvalue weighted by Crippen LogP contribution is -2.41. The molecule has 2 rings (SSSR count). The molecule has 15 heavy (non-hydrogen) atoms. The van der Waals surface area contributed by atoms with Gasteiger partial charge in [-0.3, -0.25) is 4.98 Å². The molecule has 0 bridgehead atoms. The van der Waals surface area contributed by atoms with Gasteiger partial charge in [-0.1, -0.05) is 6.07 Å². The highest BCUT2D eigenvalue weighted by Gasteiger charge is 2.34. The average molecular weight is 206 g/mol. The number of hydrogen-bond acceptors (Lipinski definition) is 3. The van der Waals surface area contributed by atoms with Gasteiger partial charge in [0.2, 0.25) is 0 Å². The van der Waals surface area contributed by atoms with E-state index in [0.717, 1.165) is 31.7 Å². The number of ether oxygens (including phenoxy) is 1. The zero-order valence-electron chi connectivity index (χ0n) is 9.20. The molecule has 0 spiro atoms. The molecule has 0 atom stereocenters. The third-order valence-electron chi connectivity index (χ3n) is 3.30. The van der Waals surface area contributed by atoms with Crippen LogP contribution in [0.3, 0.4) is 0 Å². The van der Waals surface area contributed by atoms with Crippen LogP contribution in [0.2, 0.25) is 0 Å². The van der Waals surface area contributed by atoms with Crippen molar-refractivity contribution in [3.63, 3.8) is 0 Å². The summed E-state index contributed by atoms with van der Waals surface area (Å²) in [5.41, 5.74) is 8.28. The summed E-state index contributed by atoms with van der Waals surface area (Å²) >= 11 is 0. The molecule has 2 heterocycles. The molecule has 1 fully saturated rings. The van der Waals surface area contributed by atoms with E-state index in [1.165, 1.54) is 5.56 Å². The Hall–Kier alpha value is -0.930. The van der Waals surface area contributed by atoms with Gasteiger partial charge < -0.3 is 10.5 Å². The summed E-state index contributed by atoms with van der Waals surface area (Å²) in [6.07, 6.45) is 3.89. The fourth-order valence-electron chi connectivity index (χ4n) is 2.11. The predicted molar refractivity (Wildman–Crippen MR) is 59.8 cm³/mol. The Kier molecular flexibility index (Phi) is 3.03. The van der Waals surface area contributed by atoms with Gasteiger partial charge in [0.05, 0.1) is 0 Å². The second-order valence-corrected chi connectivity index (χ2v) is 4.32. The Bertz CT molecular complexity index is 315. The molecular weight excluding hydrogens is 188 g/mol. The van der Waals surface area contributed by atoms with Gasteiger partial charge in [0, 0.05) is 37.1 Å². The lowest BCUT2D eigenvalue weighted by molar-refractivity contribution is 0.0515. The number of nitrogens with zero attached hydrogens (tertiary/aromatic N) is 1. The molecule has 0 unspecified atom stereocenters. The molecule has 82 valence electrons. The fraction of sp³-hybridized carbons (Fsp3) is 0.583. The maximum Gasteiger partial charge on any atom is 0.0479 e. The third-order valence-corrected chi connectivity index (χ3v) is 3.30. The van der Waals surface area contributed by atoms with Gasteiger partial charge in [-0.15, -0.1) is 0 Å². The van der Waals surface area contributed by atoms with Gasteiger partial charge >= 0.3 is 0 Å². The second-order valence-electron chi connectivity index (χ2n) is 4.32. The van der Waals surface area contributed by atoms with Crippen LogP contribution < -0.4 is 5.73 Å². The number of aromatic nitrogens is 1. The molecule has 1 aliphatic heterocycles. The van der Waals surface area contributed by atoms with Crippen LogP contribution in [0.4, 0.5) is 0 Å². The molecule has 0 aliphatic carbocycles. The normalized spacial score (nSPS) is 20.1. The number of pyridine rings is 1. The zero-order valence-corrected chi connectivity index (χ0v) is 9.20. The van der Waals surface area contributed by atoms with Crippen LogP contribution in [0.15, 0.2) is 18.3 Å². The van der Waals surface area contributed by atoms with Crippen LogP contribution in [0.1, 0.15) is 24.1 Å². The van der Waals surface area contributed by atoms with Crippen molar-refractivity contribution < 1.29 is 4.74 Å². The van der Waals surface area contributed by atoms with Crippen molar-refractivity contribution in [2.45, 2.75) is 25.2 Å². The summed E-state index contributed by atoms with van der Waals surface area (Å²) in [6.45, 7) is 4.31.